The van der Waals surface area contributed by atoms with Gasteiger partial charge in [0.2, 0.25) is 5.91 Å². The maximum atomic E-state index is 13.6. The fraction of sp³-hybridized carbons (Fsp3) is 0.235. The first kappa shape index (κ1) is 17.9. The van der Waals surface area contributed by atoms with Crippen molar-refractivity contribution in [3.05, 3.63) is 62.3 Å². The van der Waals surface area contributed by atoms with E-state index in [9.17, 15) is 9.18 Å². The summed E-state index contributed by atoms with van der Waals surface area (Å²) in [6.45, 7) is 0.177. The Balaban J connectivity index is 1.85. The molecule has 0 unspecified atom stereocenters. The van der Waals surface area contributed by atoms with Crippen LogP contribution in [0.4, 0.5) is 4.39 Å². The first-order valence-corrected chi connectivity index (χ1v) is 8.61. The summed E-state index contributed by atoms with van der Waals surface area (Å²) in [6, 6.07) is 10.4. The fourth-order valence-corrected chi connectivity index (χ4v) is 3.08. The lowest BCUT2D eigenvalue weighted by Crippen LogP contribution is -2.23. The van der Waals surface area contributed by atoms with Gasteiger partial charge >= 0.3 is 0 Å². The van der Waals surface area contributed by atoms with Crippen molar-refractivity contribution >= 4 is 37.8 Å². The van der Waals surface area contributed by atoms with Crippen LogP contribution in [0.1, 0.15) is 17.5 Å². The van der Waals surface area contributed by atoms with Gasteiger partial charge in [-0.05, 0) is 58.2 Å². The van der Waals surface area contributed by atoms with Gasteiger partial charge < -0.3 is 10.1 Å². The van der Waals surface area contributed by atoms with Gasteiger partial charge in [-0.25, -0.2) is 4.39 Å². The second kappa shape index (κ2) is 8.45. The lowest BCUT2D eigenvalue weighted by atomic mass is 10.1. The molecule has 0 saturated heterocycles. The number of hydrogen-bond donors (Lipinski definition) is 1. The topological polar surface area (TPSA) is 38.3 Å². The number of carbonyl (C=O) groups is 1. The van der Waals surface area contributed by atoms with Gasteiger partial charge in [-0.3, -0.25) is 4.79 Å². The highest BCUT2D eigenvalue weighted by molar-refractivity contribution is 9.10. The summed E-state index contributed by atoms with van der Waals surface area (Å²) in [5, 5.41) is 2.74. The number of nitrogens with one attached hydrogen (secondary N) is 1. The Morgan fingerprint density at radius 2 is 2.00 bits per heavy atom. The van der Waals surface area contributed by atoms with E-state index in [0.29, 0.717) is 18.4 Å². The molecule has 3 nitrogen and oxygen atoms in total. The highest BCUT2D eigenvalue weighted by atomic mass is 79.9. The molecule has 122 valence electrons. The molecule has 0 aliphatic carbocycles. The summed E-state index contributed by atoms with van der Waals surface area (Å²) in [6.07, 6.45) is 0.948. The molecule has 23 heavy (non-hydrogen) atoms. The van der Waals surface area contributed by atoms with E-state index >= 15 is 0 Å². The number of carbonyl (C=O) groups excluding carboxylic acids is 1. The molecule has 0 bridgehead atoms. The van der Waals surface area contributed by atoms with Crippen molar-refractivity contribution in [2.75, 3.05) is 7.11 Å². The molecule has 0 atom stereocenters. The van der Waals surface area contributed by atoms with Gasteiger partial charge in [0.1, 0.15) is 11.6 Å². The maximum Gasteiger partial charge on any atom is 0.220 e. The Kier molecular flexibility index (Phi) is 6.59. The molecule has 1 amide bonds. The third-order valence-electron chi connectivity index (χ3n) is 3.34. The highest BCUT2D eigenvalue weighted by Crippen LogP contribution is 2.26. The van der Waals surface area contributed by atoms with E-state index < -0.39 is 0 Å². The number of amides is 1. The zero-order chi connectivity index (χ0) is 16.8. The van der Waals surface area contributed by atoms with Crippen LogP contribution in [0, 0.1) is 5.82 Å². The van der Waals surface area contributed by atoms with Gasteiger partial charge in [0.15, 0.2) is 0 Å². The van der Waals surface area contributed by atoms with Gasteiger partial charge in [-0.15, -0.1) is 0 Å². The van der Waals surface area contributed by atoms with Crippen molar-refractivity contribution < 1.29 is 13.9 Å². The summed E-state index contributed by atoms with van der Waals surface area (Å²) in [4.78, 5) is 11.9. The van der Waals surface area contributed by atoms with E-state index in [2.05, 4.69) is 37.2 Å². The van der Waals surface area contributed by atoms with E-state index in [-0.39, 0.29) is 18.3 Å². The molecule has 0 aromatic heterocycles. The van der Waals surface area contributed by atoms with Crippen molar-refractivity contribution in [3.63, 3.8) is 0 Å². The highest BCUT2D eigenvalue weighted by Gasteiger charge is 2.07. The van der Waals surface area contributed by atoms with E-state index in [1.54, 1.807) is 19.2 Å². The largest absolute Gasteiger partial charge is 0.496 e. The molecule has 0 radical (unpaired) electrons. The van der Waals surface area contributed by atoms with Crippen LogP contribution in [0.5, 0.6) is 5.75 Å². The molecule has 0 fully saturated rings. The molecule has 0 saturated carbocycles. The zero-order valence-electron chi connectivity index (χ0n) is 12.5. The second-order valence-corrected chi connectivity index (χ2v) is 6.75. The molecule has 6 heteroatoms. The Morgan fingerprint density at radius 3 is 2.70 bits per heavy atom. The quantitative estimate of drug-likeness (QED) is 0.706. The Hall–Kier alpha value is -1.40. The van der Waals surface area contributed by atoms with Crippen LogP contribution in [0.25, 0.3) is 0 Å². The number of ether oxygens (including phenoxy) is 1. The van der Waals surface area contributed by atoms with Crippen LogP contribution in [0.15, 0.2) is 45.3 Å². The number of halogens is 3. The van der Waals surface area contributed by atoms with E-state index in [0.717, 1.165) is 20.3 Å². The van der Waals surface area contributed by atoms with Gasteiger partial charge in [0.05, 0.1) is 11.6 Å². The lowest BCUT2D eigenvalue weighted by Gasteiger charge is -2.08. The third-order valence-corrected chi connectivity index (χ3v) is 4.45. The van der Waals surface area contributed by atoms with Crippen LogP contribution < -0.4 is 10.1 Å². The molecule has 0 heterocycles. The summed E-state index contributed by atoms with van der Waals surface area (Å²) in [5.74, 6) is 0.312. The number of methoxy groups -OCH3 is 1. The molecule has 2 aromatic carbocycles. The van der Waals surface area contributed by atoms with Crippen molar-refractivity contribution in [3.8, 4) is 5.75 Å². The summed E-state index contributed by atoms with van der Waals surface area (Å²) in [7, 11) is 1.61. The maximum absolute atomic E-state index is 13.6. The van der Waals surface area contributed by atoms with E-state index in [1.165, 1.54) is 6.07 Å². The number of hydrogen-bond acceptors (Lipinski definition) is 2. The normalized spacial score (nSPS) is 10.4. The van der Waals surface area contributed by atoms with Gasteiger partial charge in [-0.1, -0.05) is 22.0 Å². The molecule has 0 spiro atoms. The van der Waals surface area contributed by atoms with Crippen LogP contribution >= 0.6 is 31.9 Å². The predicted molar refractivity (Wildman–Crippen MR) is 95.0 cm³/mol. The SMILES string of the molecule is COc1ccc(CCC(=O)NCc2cc(Br)ccc2F)cc1Br. The monoisotopic (exact) mass is 443 g/mol. The standard InChI is InChI=1S/C17H16Br2FNO2/c1-23-16-6-2-11(8-14(16)19)3-7-17(22)21-10-12-9-13(18)4-5-15(12)20/h2,4-6,8-9H,3,7,10H2,1H3,(H,21,22). The molecule has 2 aromatic rings. The lowest BCUT2D eigenvalue weighted by molar-refractivity contribution is -0.121. The van der Waals surface area contributed by atoms with Crippen LogP contribution in [-0.4, -0.2) is 13.0 Å². The molecule has 0 aliphatic heterocycles. The minimum atomic E-state index is -0.326. The number of benzene rings is 2. The average molecular weight is 445 g/mol. The molecular weight excluding hydrogens is 429 g/mol. The van der Waals surface area contributed by atoms with Gasteiger partial charge in [0.25, 0.3) is 0 Å². The summed E-state index contributed by atoms with van der Waals surface area (Å²) in [5.41, 5.74) is 1.49. The third kappa shape index (κ3) is 5.32. The molecule has 0 aliphatic rings. The first-order valence-electron chi connectivity index (χ1n) is 7.02. The fourth-order valence-electron chi connectivity index (χ4n) is 2.08. The van der Waals surface area contributed by atoms with Crippen LogP contribution in [0.3, 0.4) is 0 Å². The zero-order valence-corrected chi connectivity index (χ0v) is 15.7. The minimum absolute atomic E-state index is 0.115. The second-order valence-electron chi connectivity index (χ2n) is 4.98. The Morgan fingerprint density at radius 1 is 1.22 bits per heavy atom. The minimum Gasteiger partial charge on any atom is -0.496 e. The van der Waals surface area contributed by atoms with Crippen molar-refractivity contribution in [1.82, 2.24) is 5.32 Å². The number of rotatable bonds is 6. The van der Waals surface area contributed by atoms with Gasteiger partial charge in [-0.2, -0.15) is 0 Å². The summed E-state index contributed by atoms with van der Waals surface area (Å²) >= 11 is 6.71. The summed E-state index contributed by atoms with van der Waals surface area (Å²) < 4.78 is 20.4. The van der Waals surface area contributed by atoms with Crippen LogP contribution in [0.2, 0.25) is 0 Å². The molecule has 1 N–H and O–H groups in total. The molecule has 2 rings (SSSR count). The Bertz CT molecular complexity index is 707. The number of aryl methyl sites for hydroxylation is 1. The van der Waals surface area contributed by atoms with Crippen molar-refractivity contribution in [2.24, 2.45) is 0 Å². The van der Waals surface area contributed by atoms with Crippen LogP contribution in [-0.2, 0) is 17.8 Å². The van der Waals surface area contributed by atoms with Gasteiger partial charge in [0, 0.05) is 23.0 Å². The smallest absolute Gasteiger partial charge is 0.220 e. The Labute approximate surface area is 151 Å². The first-order chi connectivity index (χ1) is 11.0. The van der Waals surface area contributed by atoms with E-state index in [1.807, 2.05) is 18.2 Å². The molecular formula is C17H16Br2FNO2. The van der Waals surface area contributed by atoms with E-state index in [4.69, 9.17) is 4.74 Å². The predicted octanol–water partition coefficient (Wildman–Crippen LogP) is 4.61. The average Bonchev–Trinajstić information content (AvgIpc) is 2.54. The van der Waals surface area contributed by atoms with Crippen molar-refractivity contribution in [1.29, 1.82) is 0 Å². The van der Waals surface area contributed by atoms with Crippen molar-refractivity contribution in [2.45, 2.75) is 19.4 Å².